The molecular formula is C16H24N4O2. The summed E-state index contributed by atoms with van der Waals surface area (Å²) in [6, 6.07) is 1.94. The maximum atomic E-state index is 12.4. The Labute approximate surface area is 131 Å². The lowest BCUT2D eigenvalue weighted by atomic mass is 10.1. The van der Waals surface area contributed by atoms with Crippen molar-refractivity contribution in [1.82, 2.24) is 9.88 Å². The number of carbonyl (C=O) groups is 1. The van der Waals surface area contributed by atoms with E-state index in [0.29, 0.717) is 12.2 Å². The second-order valence-electron chi connectivity index (χ2n) is 7.21. The Balaban J connectivity index is 1.74. The van der Waals surface area contributed by atoms with Crippen molar-refractivity contribution in [2.45, 2.75) is 44.8 Å². The van der Waals surface area contributed by atoms with Gasteiger partial charge in [0.05, 0.1) is 23.1 Å². The molecule has 1 aromatic rings. The Hall–Kier alpha value is -1.98. The lowest BCUT2D eigenvalue weighted by molar-refractivity contribution is 0.0107. The fourth-order valence-corrected chi connectivity index (χ4v) is 3.04. The van der Waals surface area contributed by atoms with Crippen LogP contribution in [0.1, 0.15) is 33.6 Å². The minimum atomic E-state index is -0.459. The number of piperazine rings is 1. The monoisotopic (exact) mass is 304 g/mol. The summed E-state index contributed by atoms with van der Waals surface area (Å²) in [6.07, 6.45) is 5.27. The summed E-state index contributed by atoms with van der Waals surface area (Å²) in [5.41, 5.74) is 7.17. The second kappa shape index (κ2) is 5.04. The Morgan fingerprint density at radius 3 is 2.68 bits per heavy atom. The zero-order valence-electron chi connectivity index (χ0n) is 13.5. The quantitative estimate of drug-likeness (QED) is 0.861. The fraction of sp³-hybridized carbons (Fsp3) is 0.625. The molecule has 1 aliphatic carbocycles. The van der Waals surface area contributed by atoms with Crippen LogP contribution in [-0.4, -0.2) is 46.8 Å². The SMILES string of the molecule is CC(C)(C)OC(=O)N1CCN(c2ccncc2N)CC12CC2. The van der Waals surface area contributed by atoms with E-state index in [2.05, 4.69) is 9.88 Å². The van der Waals surface area contributed by atoms with Gasteiger partial charge in [-0.1, -0.05) is 0 Å². The van der Waals surface area contributed by atoms with Crippen LogP contribution in [0.25, 0.3) is 0 Å². The molecule has 3 rings (SSSR count). The molecule has 0 bridgehead atoms. The van der Waals surface area contributed by atoms with Gasteiger partial charge in [-0.25, -0.2) is 4.79 Å². The lowest BCUT2D eigenvalue weighted by Gasteiger charge is -2.43. The Morgan fingerprint density at radius 1 is 1.36 bits per heavy atom. The summed E-state index contributed by atoms with van der Waals surface area (Å²) in [4.78, 5) is 20.6. The van der Waals surface area contributed by atoms with Crippen molar-refractivity contribution in [3.8, 4) is 0 Å². The molecular weight excluding hydrogens is 280 g/mol. The van der Waals surface area contributed by atoms with Gasteiger partial charge in [-0.15, -0.1) is 0 Å². The summed E-state index contributed by atoms with van der Waals surface area (Å²) in [5, 5.41) is 0. The molecule has 1 aromatic heterocycles. The van der Waals surface area contributed by atoms with E-state index in [1.54, 1.807) is 12.4 Å². The van der Waals surface area contributed by atoms with Gasteiger partial charge < -0.3 is 15.4 Å². The summed E-state index contributed by atoms with van der Waals surface area (Å²) >= 11 is 0. The highest BCUT2D eigenvalue weighted by Crippen LogP contribution is 2.46. The number of hydrogen-bond donors (Lipinski definition) is 1. The van der Waals surface area contributed by atoms with Crippen molar-refractivity contribution in [3.63, 3.8) is 0 Å². The van der Waals surface area contributed by atoms with Crippen molar-refractivity contribution in [1.29, 1.82) is 0 Å². The van der Waals surface area contributed by atoms with Crippen molar-refractivity contribution in [2.24, 2.45) is 0 Å². The topological polar surface area (TPSA) is 71.7 Å². The van der Waals surface area contributed by atoms with Crippen LogP contribution < -0.4 is 10.6 Å². The predicted octanol–water partition coefficient (Wildman–Crippen LogP) is 2.25. The Kier molecular flexibility index (Phi) is 3.42. The van der Waals surface area contributed by atoms with E-state index in [1.165, 1.54) is 0 Å². The van der Waals surface area contributed by atoms with Crippen LogP contribution in [0.3, 0.4) is 0 Å². The van der Waals surface area contributed by atoms with Crippen molar-refractivity contribution in [3.05, 3.63) is 18.5 Å². The van der Waals surface area contributed by atoms with Crippen molar-refractivity contribution in [2.75, 3.05) is 30.3 Å². The van der Waals surface area contributed by atoms with E-state index >= 15 is 0 Å². The number of pyridine rings is 1. The highest BCUT2D eigenvalue weighted by atomic mass is 16.6. The molecule has 1 aliphatic heterocycles. The highest BCUT2D eigenvalue weighted by Gasteiger charge is 2.54. The standard InChI is InChI=1S/C16H24N4O2/c1-15(2,3)22-14(21)20-9-8-19(11-16(20)5-6-16)13-4-7-18-10-12(13)17/h4,7,10H,5-6,8-9,11,17H2,1-3H3. The molecule has 0 unspecified atom stereocenters. The number of carbonyl (C=O) groups excluding carboxylic acids is 1. The molecule has 6 nitrogen and oxygen atoms in total. The van der Waals surface area contributed by atoms with Crippen LogP contribution in [0.5, 0.6) is 0 Å². The number of rotatable bonds is 1. The lowest BCUT2D eigenvalue weighted by Crippen LogP contribution is -2.58. The molecule has 1 saturated heterocycles. The zero-order chi connectivity index (χ0) is 16.0. The van der Waals surface area contributed by atoms with Crippen LogP contribution in [0.4, 0.5) is 16.2 Å². The van der Waals surface area contributed by atoms with Crippen LogP contribution in [0, 0.1) is 0 Å². The minimum Gasteiger partial charge on any atom is -0.444 e. The second-order valence-corrected chi connectivity index (χ2v) is 7.21. The van der Waals surface area contributed by atoms with Gasteiger partial charge in [0.1, 0.15) is 5.60 Å². The average molecular weight is 304 g/mol. The van der Waals surface area contributed by atoms with Crippen molar-refractivity contribution >= 4 is 17.5 Å². The summed E-state index contributed by atoms with van der Waals surface area (Å²) in [5.74, 6) is 0. The number of nitrogens with zero attached hydrogens (tertiary/aromatic N) is 3. The van der Waals surface area contributed by atoms with E-state index in [-0.39, 0.29) is 11.6 Å². The van der Waals surface area contributed by atoms with Gasteiger partial charge in [-0.05, 0) is 39.7 Å². The third-order valence-corrected chi connectivity index (χ3v) is 4.26. The molecule has 1 amide bonds. The van der Waals surface area contributed by atoms with Gasteiger partial charge in [0.25, 0.3) is 0 Å². The molecule has 0 radical (unpaired) electrons. The first kappa shape index (κ1) is 14.9. The van der Waals surface area contributed by atoms with Crippen LogP contribution in [0.15, 0.2) is 18.5 Å². The number of hydrogen-bond acceptors (Lipinski definition) is 5. The fourth-order valence-electron chi connectivity index (χ4n) is 3.04. The Morgan fingerprint density at radius 2 is 2.09 bits per heavy atom. The first-order chi connectivity index (χ1) is 10.3. The van der Waals surface area contributed by atoms with Gasteiger partial charge in [0.2, 0.25) is 0 Å². The van der Waals surface area contributed by atoms with E-state index in [9.17, 15) is 4.79 Å². The first-order valence-corrected chi connectivity index (χ1v) is 7.76. The highest BCUT2D eigenvalue weighted by molar-refractivity contribution is 5.72. The average Bonchev–Trinajstić information content (AvgIpc) is 3.17. The zero-order valence-corrected chi connectivity index (χ0v) is 13.5. The first-order valence-electron chi connectivity index (χ1n) is 7.76. The Bertz CT molecular complexity index is 578. The molecule has 2 N–H and O–H groups in total. The van der Waals surface area contributed by atoms with Crippen molar-refractivity contribution < 1.29 is 9.53 Å². The maximum absolute atomic E-state index is 12.4. The van der Waals surface area contributed by atoms with Gasteiger partial charge >= 0.3 is 6.09 Å². The number of anilines is 2. The minimum absolute atomic E-state index is 0.0870. The normalized spacial score (nSPS) is 20.1. The third-order valence-electron chi connectivity index (χ3n) is 4.26. The van der Waals surface area contributed by atoms with E-state index in [1.807, 2.05) is 31.7 Å². The number of amides is 1. The van der Waals surface area contributed by atoms with Crippen LogP contribution in [-0.2, 0) is 4.74 Å². The van der Waals surface area contributed by atoms with Crippen LogP contribution >= 0.6 is 0 Å². The van der Waals surface area contributed by atoms with Gasteiger partial charge in [-0.2, -0.15) is 0 Å². The molecule has 1 saturated carbocycles. The molecule has 6 heteroatoms. The summed E-state index contributed by atoms with van der Waals surface area (Å²) in [6.45, 7) is 7.93. The summed E-state index contributed by atoms with van der Waals surface area (Å²) in [7, 11) is 0. The van der Waals surface area contributed by atoms with Gasteiger partial charge in [0, 0.05) is 25.8 Å². The van der Waals surface area contributed by atoms with Gasteiger partial charge in [0.15, 0.2) is 0 Å². The molecule has 2 aliphatic rings. The molecule has 22 heavy (non-hydrogen) atoms. The maximum Gasteiger partial charge on any atom is 0.410 e. The molecule has 120 valence electrons. The molecule has 0 aromatic carbocycles. The number of nitrogens with two attached hydrogens (primary N) is 1. The molecule has 2 heterocycles. The van der Waals surface area contributed by atoms with E-state index < -0.39 is 5.60 Å². The largest absolute Gasteiger partial charge is 0.444 e. The van der Waals surface area contributed by atoms with Crippen LogP contribution in [0.2, 0.25) is 0 Å². The van der Waals surface area contributed by atoms with Gasteiger partial charge in [-0.3, -0.25) is 9.88 Å². The predicted molar refractivity (Wildman–Crippen MR) is 85.8 cm³/mol. The third kappa shape index (κ3) is 2.82. The van der Waals surface area contributed by atoms with E-state index in [0.717, 1.165) is 31.6 Å². The molecule has 0 atom stereocenters. The van der Waals surface area contributed by atoms with E-state index in [4.69, 9.17) is 10.5 Å². The summed E-state index contributed by atoms with van der Waals surface area (Å²) < 4.78 is 5.55. The number of aromatic nitrogens is 1. The number of ether oxygens (including phenoxy) is 1. The smallest absolute Gasteiger partial charge is 0.410 e. The molecule has 1 spiro atoms. The number of nitrogen functional groups attached to an aromatic ring is 1. The molecule has 2 fully saturated rings.